The molecule has 0 aromatic carbocycles. The van der Waals surface area contributed by atoms with E-state index in [4.69, 9.17) is 9.52 Å². The second kappa shape index (κ2) is 3.08. The maximum absolute atomic E-state index is 8.77. The average molecular weight is 181 g/mol. The summed E-state index contributed by atoms with van der Waals surface area (Å²) in [6.45, 7) is 0.00250. The molecule has 2 aromatic heterocycles. The van der Waals surface area contributed by atoms with Crippen LogP contribution in [0.15, 0.2) is 28.4 Å². The first-order valence-electron chi connectivity index (χ1n) is 3.48. The Morgan fingerprint density at radius 1 is 1.58 bits per heavy atom. The highest BCUT2D eigenvalue weighted by molar-refractivity contribution is 7.09. The second-order valence-electron chi connectivity index (χ2n) is 2.30. The summed E-state index contributed by atoms with van der Waals surface area (Å²) in [5, 5.41) is 11.4. The molecule has 0 amide bonds. The van der Waals surface area contributed by atoms with Crippen molar-refractivity contribution in [3.8, 4) is 11.3 Å². The van der Waals surface area contributed by atoms with Crippen LogP contribution in [-0.2, 0) is 6.61 Å². The lowest BCUT2D eigenvalue weighted by Crippen LogP contribution is -1.79. The molecule has 3 nitrogen and oxygen atoms in total. The summed E-state index contributed by atoms with van der Waals surface area (Å²) >= 11 is 1.44. The molecule has 12 heavy (non-hydrogen) atoms. The minimum atomic E-state index is 0.00250. The molecule has 0 aliphatic carbocycles. The van der Waals surface area contributed by atoms with Gasteiger partial charge in [-0.3, -0.25) is 0 Å². The van der Waals surface area contributed by atoms with Crippen molar-refractivity contribution in [2.45, 2.75) is 6.61 Å². The van der Waals surface area contributed by atoms with E-state index in [0.717, 1.165) is 16.3 Å². The van der Waals surface area contributed by atoms with Crippen molar-refractivity contribution in [3.05, 3.63) is 29.0 Å². The number of thiazole rings is 1. The molecule has 4 heteroatoms. The Labute approximate surface area is 73.3 Å². The number of hydrogen-bond acceptors (Lipinski definition) is 4. The van der Waals surface area contributed by atoms with Crippen molar-refractivity contribution in [2.24, 2.45) is 0 Å². The zero-order valence-corrected chi connectivity index (χ0v) is 7.04. The van der Waals surface area contributed by atoms with E-state index in [-0.39, 0.29) is 6.61 Å². The summed E-state index contributed by atoms with van der Waals surface area (Å²) in [5.41, 5.74) is 1.81. The van der Waals surface area contributed by atoms with Crippen molar-refractivity contribution >= 4 is 11.3 Å². The molecule has 0 fully saturated rings. The summed E-state index contributed by atoms with van der Waals surface area (Å²) in [7, 11) is 0. The number of aliphatic hydroxyl groups is 1. The Morgan fingerprint density at radius 2 is 2.50 bits per heavy atom. The molecule has 0 aliphatic heterocycles. The van der Waals surface area contributed by atoms with Gasteiger partial charge in [0.05, 0.1) is 24.8 Å². The predicted molar refractivity (Wildman–Crippen MR) is 45.7 cm³/mol. The van der Waals surface area contributed by atoms with Gasteiger partial charge in [-0.1, -0.05) is 0 Å². The van der Waals surface area contributed by atoms with Gasteiger partial charge in [-0.05, 0) is 6.07 Å². The number of aromatic nitrogens is 1. The first kappa shape index (κ1) is 7.52. The molecule has 2 rings (SSSR count). The second-order valence-corrected chi connectivity index (χ2v) is 3.24. The number of aliphatic hydroxyl groups excluding tert-OH is 1. The Hall–Kier alpha value is -1.13. The molecule has 0 aliphatic rings. The molecule has 0 spiro atoms. The lowest BCUT2D eigenvalue weighted by atomic mass is 10.3. The van der Waals surface area contributed by atoms with Crippen LogP contribution < -0.4 is 0 Å². The third kappa shape index (κ3) is 1.26. The molecule has 0 saturated heterocycles. The van der Waals surface area contributed by atoms with Crippen molar-refractivity contribution in [1.29, 1.82) is 0 Å². The Balaban J connectivity index is 2.35. The van der Waals surface area contributed by atoms with Crippen molar-refractivity contribution in [2.75, 3.05) is 0 Å². The van der Waals surface area contributed by atoms with Crippen LogP contribution in [0.1, 0.15) is 5.01 Å². The largest absolute Gasteiger partial charge is 0.472 e. The topological polar surface area (TPSA) is 46.3 Å². The molecule has 0 atom stereocenters. The van der Waals surface area contributed by atoms with E-state index in [2.05, 4.69) is 4.98 Å². The van der Waals surface area contributed by atoms with Gasteiger partial charge in [-0.2, -0.15) is 0 Å². The summed E-state index contributed by atoms with van der Waals surface area (Å²) in [4.78, 5) is 4.18. The van der Waals surface area contributed by atoms with Crippen LogP contribution in [0.25, 0.3) is 11.3 Å². The molecule has 2 aromatic rings. The smallest absolute Gasteiger partial charge is 0.119 e. The van der Waals surface area contributed by atoms with E-state index in [1.807, 2.05) is 11.4 Å². The number of hydrogen-bond donors (Lipinski definition) is 1. The summed E-state index contributed by atoms with van der Waals surface area (Å²) < 4.78 is 4.91. The summed E-state index contributed by atoms with van der Waals surface area (Å²) in [6.07, 6.45) is 3.24. The standard InChI is InChI=1S/C8H7NO2S/c10-3-8-9-7(5-12-8)6-1-2-11-4-6/h1-2,4-5,10H,3H2. The van der Waals surface area contributed by atoms with E-state index in [1.165, 1.54) is 11.3 Å². The van der Waals surface area contributed by atoms with Crippen LogP contribution in [0.2, 0.25) is 0 Å². The lowest BCUT2D eigenvalue weighted by Gasteiger charge is -1.85. The Bertz CT molecular complexity index is 353. The monoisotopic (exact) mass is 181 g/mol. The molecule has 0 saturated carbocycles. The fourth-order valence-electron chi connectivity index (χ4n) is 0.926. The molecular formula is C8H7NO2S. The fourth-order valence-corrected chi connectivity index (χ4v) is 1.59. The average Bonchev–Trinajstić information content (AvgIpc) is 2.75. The van der Waals surface area contributed by atoms with E-state index in [0.29, 0.717) is 0 Å². The fraction of sp³-hybridized carbons (Fsp3) is 0.125. The van der Waals surface area contributed by atoms with Crippen molar-refractivity contribution in [3.63, 3.8) is 0 Å². The first-order chi connectivity index (χ1) is 5.90. The van der Waals surface area contributed by atoms with E-state index in [9.17, 15) is 0 Å². The first-order valence-corrected chi connectivity index (χ1v) is 4.36. The van der Waals surface area contributed by atoms with Gasteiger partial charge in [-0.25, -0.2) is 4.98 Å². The predicted octanol–water partition coefficient (Wildman–Crippen LogP) is 1.90. The maximum atomic E-state index is 8.77. The molecule has 1 N–H and O–H groups in total. The van der Waals surface area contributed by atoms with Crippen LogP contribution in [-0.4, -0.2) is 10.1 Å². The molecule has 0 radical (unpaired) electrons. The number of nitrogens with zero attached hydrogens (tertiary/aromatic N) is 1. The van der Waals surface area contributed by atoms with Gasteiger partial charge >= 0.3 is 0 Å². The Kier molecular flexibility index (Phi) is 1.93. The van der Waals surface area contributed by atoms with E-state index in [1.54, 1.807) is 12.5 Å². The maximum Gasteiger partial charge on any atom is 0.119 e. The lowest BCUT2D eigenvalue weighted by molar-refractivity contribution is 0.281. The van der Waals surface area contributed by atoms with Crippen molar-refractivity contribution in [1.82, 2.24) is 4.98 Å². The molecule has 2 heterocycles. The van der Waals surface area contributed by atoms with Gasteiger partial charge in [0, 0.05) is 10.9 Å². The SMILES string of the molecule is OCc1nc(-c2ccoc2)cs1. The minimum absolute atomic E-state index is 0.00250. The van der Waals surface area contributed by atoms with E-state index < -0.39 is 0 Å². The van der Waals surface area contributed by atoms with Crippen LogP contribution >= 0.6 is 11.3 Å². The van der Waals surface area contributed by atoms with Gasteiger partial charge < -0.3 is 9.52 Å². The van der Waals surface area contributed by atoms with Gasteiger partial charge in [0.1, 0.15) is 5.01 Å². The molecule has 0 unspecified atom stereocenters. The van der Waals surface area contributed by atoms with Gasteiger partial charge in [0.25, 0.3) is 0 Å². The summed E-state index contributed by atoms with van der Waals surface area (Å²) in [6, 6.07) is 1.84. The highest BCUT2D eigenvalue weighted by Gasteiger charge is 2.03. The number of rotatable bonds is 2. The third-order valence-electron chi connectivity index (χ3n) is 1.50. The highest BCUT2D eigenvalue weighted by atomic mass is 32.1. The normalized spacial score (nSPS) is 10.4. The van der Waals surface area contributed by atoms with Crippen molar-refractivity contribution < 1.29 is 9.52 Å². The van der Waals surface area contributed by atoms with E-state index >= 15 is 0 Å². The molecule has 62 valence electrons. The van der Waals surface area contributed by atoms with Gasteiger partial charge in [0.15, 0.2) is 0 Å². The quantitative estimate of drug-likeness (QED) is 0.769. The van der Waals surface area contributed by atoms with Crippen LogP contribution in [0.4, 0.5) is 0 Å². The van der Waals surface area contributed by atoms with Gasteiger partial charge in [0.2, 0.25) is 0 Å². The van der Waals surface area contributed by atoms with Crippen LogP contribution in [0.3, 0.4) is 0 Å². The van der Waals surface area contributed by atoms with Crippen LogP contribution in [0.5, 0.6) is 0 Å². The molecule has 0 bridgehead atoms. The third-order valence-corrected chi connectivity index (χ3v) is 2.34. The zero-order chi connectivity index (χ0) is 8.39. The number of furan rings is 1. The minimum Gasteiger partial charge on any atom is -0.472 e. The highest BCUT2D eigenvalue weighted by Crippen LogP contribution is 2.21. The van der Waals surface area contributed by atoms with Gasteiger partial charge in [-0.15, -0.1) is 11.3 Å². The zero-order valence-electron chi connectivity index (χ0n) is 6.23. The molecular weight excluding hydrogens is 174 g/mol. The summed E-state index contributed by atoms with van der Waals surface area (Å²) in [5.74, 6) is 0. The Morgan fingerprint density at radius 3 is 3.08 bits per heavy atom. The van der Waals surface area contributed by atoms with Crippen LogP contribution in [0, 0.1) is 0 Å².